The lowest BCUT2D eigenvalue weighted by Crippen LogP contribution is -2.28. The van der Waals surface area contributed by atoms with Crippen LogP contribution in [0, 0.1) is 0 Å². The molecule has 6 nitrogen and oxygen atoms in total. The molecule has 0 saturated heterocycles. The van der Waals surface area contributed by atoms with Crippen LogP contribution in [0.2, 0.25) is 5.02 Å². The molecular formula is C26H21ClN2O4S2. The van der Waals surface area contributed by atoms with Gasteiger partial charge in [0.2, 0.25) is 10.0 Å². The minimum atomic E-state index is -3.76. The highest BCUT2D eigenvalue weighted by Gasteiger charge is 2.17. The van der Waals surface area contributed by atoms with E-state index < -0.39 is 10.0 Å². The van der Waals surface area contributed by atoms with Crippen LogP contribution in [0.5, 0.6) is 5.75 Å². The standard InChI is InChI=1S/C26H21ClN2O4S2/c27-21-8-5-18(6-9-21)17-29-24-12-11-23(16-25(24)34-26(29)30)35(31,32)28-13-14-33-22-10-7-19-3-1-2-4-20(19)15-22/h1-12,15-16,28H,13-14,17H2. The molecule has 4 aromatic carbocycles. The van der Waals surface area contributed by atoms with Crippen LogP contribution in [0.4, 0.5) is 0 Å². The van der Waals surface area contributed by atoms with E-state index in [0.29, 0.717) is 27.5 Å². The third-order valence-corrected chi connectivity index (χ3v) is 8.24. The van der Waals surface area contributed by atoms with Crippen LogP contribution < -0.4 is 14.3 Å². The molecule has 0 atom stereocenters. The number of fused-ring (bicyclic) bond motifs is 2. The monoisotopic (exact) mass is 524 g/mol. The van der Waals surface area contributed by atoms with Crippen LogP contribution in [0.3, 0.4) is 0 Å². The summed E-state index contributed by atoms with van der Waals surface area (Å²) >= 11 is 6.96. The largest absolute Gasteiger partial charge is 0.492 e. The Morgan fingerprint density at radius 3 is 2.49 bits per heavy atom. The summed E-state index contributed by atoms with van der Waals surface area (Å²) in [5, 5.41) is 2.79. The molecule has 0 bridgehead atoms. The van der Waals surface area contributed by atoms with Crippen LogP contribution in [0.1, 0.15) is 5.56 Å². The van der Waals surface area contributed by atoms with Crippen molar-refractivity contribution in [2.75, 3.05) is 13.2 Å². The maximum atomic E-state index is 12.8. The Bertz CT molecular complexity index is 1680. The van der Waals surface area contributed by atoms with Crippen LogP contribution in [0.15, 0.2) is 94.6 Å². The molecule has 0 unspecified atom stereocenters. The summed E-state index contributed by atoms with van der Waals surface area (Å²) in [4.78, 5) is 12.5. The first-order valence-electron chi connectivity index (χ1n) is 10.9. The van der Waals surface area contributed by atoms with Gasteiger partial charge in [-0.2, -0.15) is 0 Å². The van der Waals surface area contributed by atoms with E-state index in [9.17, 15) is 13.2 Å². The Kier molecular flexibility index (Phi) is 6.62. The van der Waals surface area contributed by atoms with Crippen molar-refractivity contribution in [2.45, 2.75) is 11.4 Å². The predicted molar refractivity (Wildman–Crippen MR) is 141 cm³/mol. The Morgan fingerprint density at radius 2 is 1.69 bits per heavy atom. The smallest absolute Gasteiger partial charge is 0.308 e. The highest BCUT2D eigenvalue weighted by atomic mass is 35.5. The maximum Gasteiger partial charge on any atom is 0.308 e. The van der Waals surface area contributed by atoms with E-state index in [1.54, 1.807) is 22.8 Å². The topological polar surface area (TPSA) is 77.4 Å². The van der Waals surface area contributed by atoms with Gasteiger partial charge in [-0.3, -0.25) is 9.36 Å². The number of nitrogens with one attached hydrogen (secondary N) is 1. The minimum Gasteiger partial charge on any atom is -0.492 e. The van der Waals surface area contributed by atoms with E-state index in [1.165, 1.54) is 12.1 Å². The molecule has 9 heteroatoms. The zero-order valence-corrected chi connectivity index (χ0v) is 20.9. The van der Waals surface area contributed by atoms with E-state index in [-0.39, 0.29) is 22.9 Å². The number of benzene rings is 4. The number of sulfonamides is 1. The molecule has 0 amide bonds. The Morgan fingerprint density at radius 1 is 0.914 bits per heavy atom. The van der Waals surface area contributed by atoms with Crippen molar-refractivity contribution in [2.24, 2.45) is 0 Å². The fourth-order valence-electron chi connectivity index (χ4n) is 3.82. The molecule has 0 aliphatic carbocycles. The third-order valence-electron chi connectivity index (χ3n) is 5.59. The van der Waals surface area contributed by atoms with E-state index in [4.69, 9.17) is 16.3 Å². The normalized spacial score (nSPS) is 11.8. The first kappa shape index (κ1) is 23.6. The van der Waals surface area contributed by atoms with Crippen molar-refractivity contribution in [3.63, 3.8) is 0 Å². The molecule has 0 radical (unpaired) electrons. The lowest BCUT2D eigenvalue weighted by Gasteiger charge is -2.10. The first-order chi connectivity index (χ1) is 16.9. The highest BCUT2D eigenvalue weighted by Crippen LogP contribution is 2.23. The second-order valence-corrected chi connectivity index (χ2v) is 11.2. The SMILES string of the molecule is O=c1sc2cc(S(=O)(=O)NCCOc3ccc4ccccc4c3)ccc2n1Cc1ccc(Cl)cc1. The lowest BCUT2D eigenvalue weighted by atomic mass is 10.1. The number of aromatic nitrogens is 1. The third kappa shape index (κ3) is 5.26. The maximum absolute atomic E-state index is 12.8. The Labute approximate surface area is 211 Å². The van der Waals surface area contributed by atoms with Gasteiger partial charge in [0.15, 0.2) is 0 Å². The molecular weight excluding hydrogens is 504 g/mol. The van der Waals surface area contributed by atoms with Crippen molar-refractivity contribution in [3.05, 3.63) is 105 Å². The average Bonchev–Trinajstić information content (AvgIpc) is 3.17. The zero-order chi connectivity index (χ0) is 24.4. The minimum absolute atomic E-state index is 0.107. The molecule has 0 spiro atoms. The summed E-state index contributed by atoms with van der Waals surface area (Å²) in [6.45, 7) is 0.679. The molecule has 0 aliphatic rings. The van der Waals surface area contributed by atoms with Crippen molar-refractivity contribution >= 4 is 54.0 Å². The van der Waals surface area contributed by atoms with Gasteiger partial charge in [-0.05, 0) is 58.8 Å². The van der Waals surface area contributed by atoms with E-state index in [2.05, 4.69) is 4.72 Å². The molecule has 1 aromatic heterocycles. The van der Waals surface area contributed by atoms with E-state index in [0.717, 1.165) is 27.7 Å². The molecule has 1 N–H and O–H groups in total. The summed E-state index contributed by atoms with van der Waals surface area (Å²) in [5.74, 6) is 0.677. The van der Waals surface area contributed by atoms with Gasteiger partial charge in [0.05, 0.1) is 21.7 Å². The van der Waals surface area contributed by atoms with Gasteiger partial charge in [0.1, 0.15) is 12.4 Å². The first-order valence-corrected chi connectivity index (χ1v) is 13.6. The number of halogens is 1. The molecule has 178 valence electrons. The number of rotatable bonds is 8. The Balaban J connectivity index is 1.26. The van der Waals surface area contributed by atoms with Crippen LogP contribution in [0.25, 0.3) is 21.0 Å². The lowest BCUT2D eigenvalue weighted by molar-refractivity contribution is 0.323. The number of nitrogens with zero attached hydrogens (tertiary/aromatic N) is 1. The number of hydrogen-bond donors (Lipinski definition) is 1. The van der Waals surface area contributed by atoms with Gasteiger partial charge in [-0.1, -0.05) is 65.4 Å². The Hall–Kier alpha value is -3.17. The zero-order valence-electron chi connectivity index (χ0n) is 18.5. The van der Waals surface area contributed by atoms with Crippen molar-refractivity contribution in [1.29, 1.82) is 0 Å². The fourth-order valence-corrected chi connectivity index (χ4v) is 5.99. The molecule has 5 aromatic rings. The van der Waals surface area contributed by atoms with Crippen LogP contribution in [-0.2, 0) is 16.6 Å². The summed E-state index contributed by atoms with van der Waals surface area (Å²) < 4.78 is 36.2. The fraction of sp³-hybridized carbons (Fsp3) is 0.115. The van der Waals surface area contributed by atoms with Gasteiger partial charge in [-0.25, -0.2) is 13.1 Å². The molecule has 5 rings (SSSR count). The molecule has 35 heavy (non-hydrogen) atoms. The predicted octanol–water partition coefficient (Wildman–Crippen LogP) is 5.28. The van der Waals surface area contributed by atoms with Gasteiger partial charge in [-0.15, -0.1) is 0 Å². The van der Waals surface area contributed by atoms with Gasteiger partial charge < -0.3 is 4.74 Å². The highest BCUT2D eigenvalue weighted by molar-refractivity contribution is 7.89. The number of thiazole rings is 1. The second kappa shape index (κ2) is 9.83. The van der Waals surface area contributed by atoms with Crippen LogP contribution in [-0.4, -0.2) is 26.1 Å². The van der Waals surface area contributed by atoms with Crippen molar-refractivity contribution in [3.8, 4) is 5.75 Å². The van der Waals surface area contributed by atoms with E-state index in [1.807, 2.05) is 54.6 Å². The summed E-state index contributed by atoms with van der Waals surface area (Å²) in [7, 11) is -3.76. The molecule has 0 fully saturated rings. The quantitative estimate of drug-likeness (QED) is 0.280. The molecule has 0 aliphatic heterocycles. The summed E-state index contributed by atoms with van der Waals surface area (Å²) in [6.07, 6.45) is 0. The molecule has 0 saturated carbocycles. The van der Waals surface area contributed by atoms with Gasteiger partial charge >= 0.3 is 4.87 Å². The average molecular weight is 525 g/mol. The van der Waals surface area contributed by atoms with Gasteiger partial charge in [0.25, 0.3) is 0 Å². The number of hydrogen-bond acceptors (Lipinski definition) is 5. The molecule has 1 heterocycles. The van der Waals surface area contributed by atoms with E-state index >= 15 is 0 Å². The van der Waals surface area contributed by atoms with Gasteiger partial charge in [0, 0.05) is 11.6 Å². The van der Waals surface area contributed by atoms with Crippen molar-refractivity contribution < 1.29 is 13.2 Å². The van der Waals surface area contributed by atoms with Crippen LogP contribution >= 0.6 is 22.9 Å². The summed E-state index contributed by atoms with van der Waals surface area (Å²) in [5.41, 5.74) is 1.62. The van der Waals surface area contributed by atoms with Crippen molar-refractivity contribution in [1.82, 2.24) is 9.29 Å². The second-order valence-electron chi connectivity index (χ2n) is 7.97. The summed E-state index contributed by atoms with van der Waals surface area (Å²) in [6, 6.07) is 25.7. The number of ether oxygens (including phenoxy) is 1.